The normalized spacial score (nSPS) is 23.3. The summed E-state index contributed by atoms with van der Waals surface area (Å²) in [7, 11) is -3.04. The van der Waals surface area contributed by atoms with Gasteiger partial charge >= 0.3 is 0 Å². The highest BCUT2D eigenvalue weighted by atomic mass is 35.5. The van der Waals surface area contributed by atoms with Crippen LogP contribution in [-0.4, -0.2) is 42.1 Å². The third-order valence-electron chi connectivity index (χ3n) is 4.80. The summed E-state index contributed by atoms with van der Waals surface area (Å²) in [5.74, 6) is 1.03. The molecule has 2 aromatic carbocycles. The lowest BCUT2D eigenvalue weighted by Gasteiger charge is -2.27. The topological polar surface area (TPSA) is 49.7 Å². The maximum Gasteiger partial charge on any atom is 0.160 e. The molecule has 0 spiro atoms. The number of hydrogen-bond acceptors (Lipinski definition) is 5. The van der Waals surface area contributed by atoms with Gasteiger partial charge in [-0.3, -0.25) is 4.99 Å². The van der Waals surface area contributed by atoms with Crippen molar-refractivity contribution in [3.8, 4) is 0 Å². The Balaban J connectivity index is 1.55. The summed E-state index contributed by atoms with van der Waals surface area (Å²) in [5.41, 5.74) is 2.12. The van der Waals surface area contributed by atoms with Crippen molar-refractivity contribution in [1.29, 1.82) is 0 Å². The highest BCUT2D eigenvalue weighted by Crippen LogP contribution is 2.34. The summed E-state index contributed by atoms with van der Waals surface area (Å²) >= 11 is 13.9. The number of sulfone groups is 1. The molecule has 2 aliphatic heterocycles. The van der Waals surface area contributed by atoms with Gasteiger partial charge < -0.3 is 4.90 Å². The number of nitrogens with zero attached hydrogens (tertiary/aromatic N) is 2. The molecule has 0 radical (unpaired) electrons. The van der Waals surface area contributed by atoms with Gasteiger partial charge in [-0.1, -0.05) is 65.3 Å². The first-order valence-electron chi connectivity index (χ1n) is 8.57. The second kappa shape index (κ2) is 7.66. The van der Waals surface area contributed by atoms with E-state index in [4.69, 9.17) is 28.2 Å². The van der Waals surface area contributed by atoms with E-state index in [0.717, 1.165) is 22.0 Å². The maximum absolute atomic E-state index is 12.1. The molecule has 2 heterocycles. The maximum atomic E-state index is 12.1. The van der Waals surface area contributed by atoms with Crippen LogP contribution in [0.25, 0.3) is 0 Å². The van der Waals surface area contributed by atoms with Gasteiger partial charge in [-0.25, -0.2) is 8.42 Å². The fourth-order valence-corrected chi connectivity index (χ4v) is 6.69. The zero-order chi connectivity index (χ0) is 19.0. The van der Waals surface area contributed by atoms with Crippen molar-refractivity contribution in [3.63, 3.8) is 0 Å². The quantitative estimate of drug-likeness (QED) is 0.712. The van der Waals surface area contributed by atoms with Crippen molar-refractivity contribution in [3.05, 3.63) is 69.7 Å². The van der Waals surface area contributed by atoms with Crippen molar-refractivity contribution in [2.45, 2.75) is 24.4 Å². The van der Waals surface area contributed by atoms with Gasteiger partial charge in [-0.05, 0) is 29.3 Å². The Bertz CT molecular complexity index is 977. The number of amidine groups is 1. The van der Waals surface area contributed by atoms with E-state index in [9.17, 15) is 8.42 Å². The highest BCUT2D eigenvalue weighted by Gasteiger charge is 2.46. The van der Waals surface area contributed by atoms with Gasteiger partial charge in [0.05, 0.1) is 23.6 Å². The fourth-order valence-electron chi connectivity index (χ4n) is 3.43. The molecule has 2 aromatic rings. The molecule has 4 nitrogen and oxygen atoms in total. The molecule has 0 aliphatic carbocycles. The molecule has 0 N–H and O–H groups in total. The number of fused-ring (bicyclic) bond motifs is 1. The van der Waals surface area contributed by atoms with E-state index in [1.165, 1.54) is 0 Å². The van der Waals surface area contributed by atoms with E-state index >= 15 is 0 Å². The Hall–Kier alpha value is -1.21. The summed E-state index contributed by atoms with van der Waals surface area (Å²) in [6.45, 7) is 0.558. The molecule has 0 saturated carbocycles. The molecule has 2 atom stereocenters. The molecule has 27 heavy (non-hydrogen) atoms. The third kappa shape index (κ3) is 4.29. The lowest BCUT2D eigenvalue weighted by molar-refractivity contribution is 0.343. The second-order valence-corrected chi connectivity index (χ2v) is 10.7. The average Bonchev–Trinajstić information content (AvgIpc) is 3.09. The molecular formula is C19H18Cl2N2O2S2. The van der Waals surface area contributed by atoms with Gasteiger partial charge in [0.15, 0.2) is 15.0 Å². The van der Waals surface area contributed by atoms with Crippen molar-refractivity contribution in [1.82, 2.24) is 4.90 Å². The van der Waals surface area contributed by atoms with E-state index in [1.807, 2.05) is 48.5 Å². The van der Waals surface area contributed by atoms with Crippen LogP contribution in [0, 0.1) is 0 Å². The zero-order valence-corrected chi connectivity index (χ0v) is 17.5. The van der Waals surface area contributed by atoms with Gasteiger partial charge in [0.25, 0.3) is 0 Å². The van der Waals surface area contributed by atoms with E-state index in [1.54, 1.807) is 11.8 Å². The first-order valence-corrected chi connectivity index (χ1v) is 12.1. The van der Waals surface area contributed by atoms with Crippen LogP contribution in [0.4, 0.5) is 0 Å². The van der Waals surface area contributed by atoms with E-state index < -0.39 is 9.84 Å². The number of thioether (sulfide) groups is 1. The number of benzene rings is 2. The number of aliphatic imine (C=N–C) groups is 1. The molecule has 142 valence electrons. The van der Waals surface area contributed by atoms with E-state index in [2.05, 4.69) is 4.90 Å². The Kier molecular flexibility index (Phi) is 5.43. The number of rotatable bonds is 4. The molecular weight excluding hydrogens is 423 g/mol. The minimum absolute atomic E-state index is 0.112. The van der Waals surface area contributed by atoms with Crippen LogP contribution in [0.15, 0.2) is 53.5 Å². The fraction of sp³-hybridized carbons (Fsp3) is 0.316. The molecule has 2 aliphatic rings. The second-order valence-electron chi connectivity index (χ2n) is 6.76. The first-order chi connectivity index (χ1) is 12.9. The van der Waals surface area contributed by atoms with Gasteiger partial charge in [0, 0.05) is 22.3 Å². The molecule has 0 bridgehead atoms. The van der Waals surface area contributed by atoms with Gasteiger partial charge in [-0.15, -0.1) is 0 Å². The van der Waals surface area contributed by atoms with Gasteiger partial charge in [-0.2, -0.15) is 0 Å². The van der Waals surface area contributed by atoms with Crippen LogP contribution in [0.1, 0.15) is 11.1 Å². The predicted octanol–water partition coefficient (Wildman–Crippen LogP) is 4.26. The Labute approximate surface area is 173 Å². The molecule has 4 rings (SSSR count). The Morgan fingerprint density at radius 2 is 1.81 bits per heavy atom. The van der Waals surface area contributed by atoms with Crippen molar-refractivity contribution < 1.29 is 8.42 Å². The van der Waals surface area contributed by atoms with Crippen LogP contribution in [-0.2, 0) is 22.1 Å². The summed E-state index contributed by atoms with van der Waals surface area (Å²) in [6, 6.07) is 15.1. The monoisotopic (exact) mass is 440 g/mol. The summed E-state index contributed by atoms with van der Waals surface area (Å²) in [5, 5.41) is 2.28. The lowest BCUT2D eigenvalue weighted by Crippen LogP contribution is -2.38. The third-order valence-corrected chi connectivity index (χ3v) is 8.19. The van der Waals surface area contributed by atoms with Crippen LogP contribution in [0.5, 0.6) is 0 Å². The number of halogens is 2. The molecule has 2 unspecified atom stereocenters. The minimum Gasteiger partial charge on any atom is -0.341 e. The Morgan fingerprint density at radius 3 is 2.56 bits per heavy atom. The van der Waals surface area contributed by atoms with Crippen LogP contribution < -0.4 is 0 Å². The lowest BCUT2D eigenvalue weighted by atomic mass is 10.1. The Morgan fingerprint density at radius 1 is 1.07 bits per heavy atom. The number of hydrogen-bond donors (Lipinski definition) is 0. The first kappa shape index (κ1) is 19.1. The van der Waals surface area contributed by atoms with E-state index in [0.29, 0.717) is 16.6 Å². The predicted molar refractivity (Wildman–Crippen MR) is 113 cm³/mol. The summed E-state index contributed by atoms with van der Waals surface area (Å²) in [4.78, 5) is 6.85. The van der Waals surface area contributed by atoms with Gasteiger partial charge in [0.2, 0.25) is 0 Å². The molecule has 0 amide bonds. The average molecular weight is 441 g/mol. The largest absolute Gasteiger partial charge is 0.341 e. The molecule has 1 saturated heterocycles. The SMILES string of the molecule is O=S1(=O)CC2N=C(SCc3ccc(Cl)cc3)N(Cc3ccccc3Cl)C2C1. The molecule has 1 fully saturated rings. The van der Waals surface area contributed by atoms with E-state index in [-0.39, 0.29) is 23.6 Å². The summed E-state index contributed by atoms with van der Waals surface area (Å²) in [6.07, 6.45) is 0. The minimum atomic E-state index is -3.04. The van der Waals surface area contributed by atoms with Crippen molar-refractivity contribution >= 4 is 50.0 Å². The van der Waals surface area contributed by atoms with Gasteiger partial charge in [0.1, 0.15) is 0 Å². The van der Waals surface area contributed by atoms with Crippen LogP contribution >= 0.6 is 35.0 Å². The zero-order valence-electron chi connectivity index (χ0n) is 14.4. The van der Waals surface area contributed by atoms with Crippen molar-refractivity contribution in [2.24, 2.45) is 4.99 Å². The summed E-state index contributed by atoms with van der Waals surface area (Å²) < 4.78 is 24.2. The van der Waals surface area contributed by atoms with Crippen LogP contribution in [0.2, 0.25) is 10.0 Å². The highest BCUT2D eigenvalue weighted by molar-refractivity contribution is 8.13. The molecule has 0 aromatic heterocycles. The molecule has 8 heteroatoms. The van der Waals surface area contributed by atoms with Crippen LogP contribution in [0.3, 0.4) is 0 Å². The standard InChI is InChI=1S/C19H18Cl2N2O2S2/c20-15-7-5-13(6-8-15)10-26-19-22-17-11-27(24,25)12-18(17)23(19)9-14-3-1-2-4-16(14)21/h1-8,17-18H,9-12H2. The van der Waals surface area contributed by atoms with Crippen molar-refractivity contribution in [2.75, 3.05) is 11.5 Å². The smallest absolute Gasteiger partial charge is 0.160 e.